The molecule has 2 N–H and O–H groups in total. The summed E-state index contributed by atoms with van der Waals surface area (Å²) in [6, 6.07) is 5.35. The van der Waals surface area contributed by atoms with E-state index >= 15 is 0 Å². The van der Waals surface area contributed by atoms with Crippen molar-refractivity contribution in [1.82, 2.24) is 29.6 Å². The van der Waals surface area contributed by atoms with Crippen molar-refractivity contribution in [3.8, 4) is 29.4 Å². The van der Waals surface area contributed by atoms with Gasteiger partial charge in [0, 0.05) is 10.6 Å². The van der Waals surface area contributed by atoms with Crippen molar-refractivity contribution >= 4 is 17.5 Å². The molecule has 0 radical (unpaired) electrons. The van der Waals surface area contributed by atoms with Gasteiger partial charge in [0.15, 0.2) is 17.3 Å². The van der Waals surface area contributed by atoms with Gasteiger partial charge in [0.05, 0.1) is 24.5 Å². The van der Waals surface area contributed by atoms with Gasteiger partial charge in [-0.25, -0.2) is 4.98 Å². The molecule has 27 heavy (non-hydrogen) atoms. The minimum Gasteiger partial charge on any atom is -0.388 e. The average Bonchev–Trinajstić information content (AvgIpc) is 3.21. The molecular formula is C18H17ClN6O2. The monoisotopic (exact) mass is 384 g/mol. The van der Waals surface area contributed by atoms with E-state index in [2.05, 4.69) is 26.4 Å². The molecule has 9 heteroatoms. The average molecular weight is 385 g/mol. The summed E-state index contributed by atoms with van der Waals surface area (Å²) in [6.45, 7) is 0.0933. The van der Waals surface area contributed by atoms with Crippen molar-refractivity contribution in [3.05, 3.63) is 46.8 Å². The summed E-state index contributed by atoms with van der Waals surface area (Å²) in [5.41, 5.74) is 2.39. The summed E-state index contributed by atoms with van der Waals surface area (Å²) in [5.74, 6) is 2.94. The number of carbonyl (C=O) groups is 1. The highest BCUT2D eigenvalue weighted by Gasteiger charge is 2.27. The third-order valence-corrected chi connectivity index (χ3v) is 4.40. The van der Waals surface area contributed by atoms with Crippen LogP contribution in [0.5, 0.6) is 0 Å². The molecule has 0 unspecified atom stereocenters. The maximum absolute atomic E-state index is 12.4. The van der Waals surface area contributed by atoms with Crippen LogP contribution in [-0.2, 0) is 13.2 Å². The van der Waals surface area contributed by atoms with Gasteiger partial charge in [-0.1, -0.05) is 24.9 Å². The molecule has 0 saturated carbocycles. The number of aliphatic hydroxyl groups is 1. The molecule has 0 bridgehead atoms. The number of aromatic nitrogens is 5. The number of fused-ring (bicyclic) bond motifs is 5. The molecule has 138 valence electrons. The zero-order valence-electron chi connectivity index (χ0n) is 13.5. The van der Waals surface area contributed by atoms with Gasteiger partial charge >= 0.3 is 0 Å². The highest BCUT2D eigenvalue weighted by Crippen LogP contribution is 2.34. The first kappa shape index (κ1) is 18.6. The molecular weight excluding hydrogens is 368 g/mol. The maximum Gasteiger partial charge on any atom is 0.272 e. The summed E-state index contributed by atoms with van der Waals surface area (Å²) in [4.78, 5) is 16.7. The fourth-order valence-corrected chi connectivity index (χ4v) is 3.17. The van der Waals surface area contributed by atoms with E-state index in [1.807, 2.05) is 10.6 Å². The first-order valence-corrected chi connectivity index (χ1v) is 8.13. The van der Waals surface area contributed by atoms with Gasteiger partial charge in [-0.15, -0.1) is 16.6 Å². The highest BCUT2D eigenvalue weighted by molar-refractivity contribution is 6.31. The second-order valence-corrected chi connectivity index (χ2v) is 6.08. The van der Waals surface area contributed by atoms with Crippen LogP contribution in [0.15, 0.2) is 24.5 Å². The van der Waals surface area contributed by atoms with Crippen LogP contribution in [0.1, 0.15) is 29.4 Å². The maximum atomic E-state index is 12.4. The Morgan fingerprint density at radius 1 is 1.41 bits per heavy atom. The molecule has 0 spiro atoms. The third kappa shape index (κ3) is 2.97. The van der Waals surface area contributed by atoms with Gasteiger partial charge in [0.25, 0.3) is 5.91 Å². The summed E-state index contributed by atoms with van der Waals surface area (Å²) in [7, 11) is 0. The molecule has 1 aliphatic rings. The molecule has 0 atom stereocenters. The number of benzene rings is 1. The third-order valence-electron chi connectivity index (χ3n) is 4.17. The molecule has 3 heterocycles. The lowest BCUT2D eigenvalue weighted by atomic mass is 10.1. The molecule has 0 fully saturated rings. The van der Waals surface area contributed by atoms with Gasteiger partial charge in [-0.05, 0) is 18.2 Å². The SMILES string of the molecule is C.C#CCNC(=O)c1ncn2c1Cn1c(CO)nnc1-c1cc(Cl)ccc1-2. The fraction of sp³-hybridized carbons (Fsp3) is 0.222. The van der Waals surface area contributed by atoms with E-state index in [1.165, 1.54) is 0 Å². The van der Waals surface area contributed by atoms with Gasteiger partial charge in [0.2, 0.25) is 0 Å². The Kier molecular flexibility index (Phi) is 4.99. The van der Waals surface area contributed by atoms with Crippen molar-refractivity contribution in [2.24, 2.45) is 0 Å². The van der Waals surface area contributed by atoms with E-state index in [1.54, 1.807) is 23.0 Å². The first-order valence-electron chi connectivity index (χ1n) is 7.75. The number of aliphatic hydroxyl groups excluding tert-OH is 1. The van der Waals surface area contributed by atoms with E-state index in [9.17, 15) is 9.90 Å². The standard InChI is InChI=1S/C17H13ClN6O2.CH4/c1-2-5-19-17(26)15-13-7-23-14(8-25)21-22-16(23)11-6-10(18)3-4-12(11)24(13)9-20-15;/h1,3-4,6,9,25H,5,7-8H2,(H,19,26);1H4. The van der Waals surface area contributed by atoms with Gasteiger partial charge < -0.3 is 15.0 Å². The molecule has 4 rings (SSSR count). The number of amides is 1. The van der Waals surface area contributed by atoms with Crippen LogP contribution in [0.25, 0.3) is 17.1 Å². The normalized spacial score (nSPS) is 11.3. The van der Waals surface area contributed by atoms with E-state index in [4.69, 9.17) is 18.0 Å². The quantitative estimate of drug-likeness (QED) is 0.523. The Balaban J connectivity index is 0.00000210. The number of halogens is 1. The zero-order chi connectivity index (χ0) is 18.3. The largest absolute Gasteiger partial charge is 0.388 e. The predicted molar refractivity (Wildman–Crippen MR) is 101 cm³/mol. The number of imidazole rings is 1. The van der Waals surface area contributed by atoms with Crippen LogP contribution < -0.4 is 5.32 Å². The van der Waals surface area contributed by atoms with E-state index in [0.717, 1.165) is 11.3 Å². The number of rotatable bonds is 3. The van der Waals surface area contributed by atoms with Gasteiger partial charge in [-0.3, -0.25) is 9.36 Å². The molecule has 0 saturated heterocycles. The summed E-state index contributed by atoms with van der Waals surface area (Å²) in [5, 5.41) is 21.0. The number of terminal acetylenes is 1. The zero-order valence-corrected chi connectivity index (χ0v) is 14.2. The number of carbonyl (C=O) groups excluding carboxylic acids is 1. The summed E-state index contributed by atoms with van der Waals surface area (Å²) in [6.07, 6.45) is 6.78. The number of hydrogen-bond acceptors (Lipinski definition) is 5. The molecule has 1 aromatic carbocycles. The number of nitrogens with zero attached hydrogens (tertiary/aromatic N) is 5. The molecule has 0 aliphatic carbocycles. The molecule has 8 nitrogen and oxygen atoms in total. The Morgan fingerprint density at radius 3 is 2.96 bits per heavy atom. The van der Waals surface area contributed by atoms with Crippen LogP contribution in [0.4, 0.5) is 0 Å². The highest BCUT2D eigenvalue weighted by atomic mass is 35.5. The van der Waals surface area contributed by atoms with Crippen LogP contribution in [0.3, 0.4) is 0 Å². The predicted octanol–water partition coefficient (Wildman–Crippen LogP) is 1.64. The van der Waals surface area contributed by atoms with Crippen molar-refractivity contribution in [3.63, 3.8) is 0 Å². The summed E-state index contributed by atoms with van der Waals surface area (Å²) < 4.78 is 3.56. The molecule has 2 aromatic heterocycles. The van der Waals surface area contributed by atoms with Crippen molar-refractivity contribution in [2.45, 2.75) is 20.6 Å². The van der Waals surface area contributed by atoms with Crippen molar-refractivity contribution < 1.29 is 9.90 Å². The molecule has 1 aliphatic heterocycles. The van der Waals surface area contributed by atoms with Gasteiger partial charge in [0.1, 0.15) is 12.9 Å². The summed E-state index contributed by atoms with van der Waals surface area (Å²) >= 11 is 6.16. The van der Waals surface area contributed by atoms with E-state index in [-0.39, 0.29) is 38.7 Å². The minimum absolute atomic E-state index is 0. The Labute approximate surface area is 160 Å². The number of nitrogens with one attached hydrogen (secondary N) is 1. The lowest BCUT2D eigenvalue weighted by molar-refractivity contribution is 0.0953. The van der Waals surface area contributed by atoms with E-state index in [0.29, 0.717) is 22.4 Å². The van der Waals surface area contributed by atoms with Crippen molar-refractivity contribution in [1.29, 1.82) is 0 Å². The lowest BCUT2D eigenvalue weighted by Crippen LogP contribution is -2.25. The number of hydrogen-bond donors (Lipinski definition) is 2. The second kappa shape index (κ2) is 7.23. The first-order chi connectivity index (χ1) is 12.6. The van der Waals surface area contributed by atoms with Crippen LogP contribution in [-0.4, -0.2) is 41.9 Å². The van der Waals surface area contributed by atoms with Crippen molar-refractivity contribution in [2.75, 3.05) is 6.54 Å². The lowest BCUT2D eigenvalue weighted by Gasteiger charge is -2.09. The Bertz CT molecular complexity index is 1060. The molecule has 3 aromatic rings. The smallest absolute Gasteiger partial charge is 0.272 e. The fourth-order valence-electron chi connectivity index (χ4n) is 3.00. The van der Waals surface area contributed by atoms with Gasteiger partial charge in [-0.2, -0.15) is 0 Å². The topological polar surface area (TPSA) is 97.9 Å². The van der Waals surface area contributed by atoms with E-state index < -0.39 is 0 Å². The Morgan fingerprint density at radius 2 is 2.22 bits per heavy atom. The van der Waals surface area contributed by atoms with Crippen LogP contribution in [0, 0.1) is 12.3 Å². The van der Waals surface area contributed by atoms with Crippen LogP contribution >= 0.6 is 11.6 Å². The minimum atomic E-state index is -0.366. The van der Waals surface area contributed by atoms with Crippen LogP contribution in [0.2, 0.25) is 5.02 Å². The molecule has 1 amide bonds. The second-order valence-electron chi connectivity index (χ2n) is 5.64. The Hall–Kier alpha value is -3.15.